The monoisotopic (exact) mass is 1030 g/mol. The van der Waals surface area contributed by atoms with Gasteiger partial charge in [-0.05, 0) is 60.6 Å². The summed E-state index contributed by atoms with van der Waals surface area (Å²) < 4.78 is 37.4. The summed E-state index contributed by atoms with van der Waals surface area (Å²) in [5.74, 6) is -3.89. The molecule has 3 fully saturated rings. The van der Waals surface area contributed by atoms with Gasteiger partial charge < -0.3 is 35.6 Å². The number of likely N-dealkylation sites (tertiary alicyclic amines) is 1. The fraction of sp³-hybridized carbons (Fsp3) is 0.528. The molecule has 1 aliphatic carbocycles. The molecule has 0 spiro atoms. The second-order valence-corrected chi connectivity index (χ2v) is 22.8. The maximum atomic E-state index is 15.5. The highest BCUT2D eigenvalue weighted by Gasteiger charge is 2.64. The van der Waals surface area contributed by atoms with Crippen LogP contribution < -0.4 is 25.6 Å². The van der Waals surface area contributed by atoms with Crippen molar-refractivity contribution in [1.82, 2.24) is 35.7 Å². The lowest BCUT2D eigenvalue weighted by atomic mass is 9.49. The van der Waals surface area contributed by atoms with Gasteiger partial charge in [-0.25, -0.2) is 18.7 Å². The van der Waals surface area contributed by atoms with Crippen LogP contribution in [0.3, 0.4) is 0 Å². The van der Waals surface area contributed by atoms with Crippen LogP contribution in [0, 0.1) is 34.5 Å². The number of aryl methyl sites for hydroxylation is 1. The van der Waals surface area contributed by atoms with E-state index in [1.54, 1.807) is 61.5 Å². The molecule has 15 nitrogen and oxygen atoms in total. The fourth-order valence-corrected chi connectivity index (χ4v) is 11.7. The van der Waals surface area contributed by atoms with E-state index in [9.17, 15) is 29.5 Å². The van der Waals surface area contributed by atoms with Crippen LogP contribution in [0.4, 0.5) is 14.6 Å². The SMILES string of the molecule is Cc1ncsc1-c1ccc(C(CO)NC(=O)[C@@H]2CCCN2C(=O)[C@@H](NC(=O)CCC(F)(F)CN2CCN(c3ccc(C(=O)N[C@H]4C(C)(C)[C@H](Oc5ccc(C#N)c(Cl)c5)C4(C)C)cn3)CC2)C(C)(C)C)cc1. The zero-order valence-electron chi connectivity index (χ0n) is 42.2. The Labute approximate surface area is 429 Å². The Morgan fingerprint density at radius 2 is 1.67 bits per heavy atom. The van der Waals surface area contributed by atoms with Crippen LogP contribution in [0.5, 0.6) is 5.75 Å². The van der Waals surface area contributed by atoms with E-state index in [-0.39, 0.29) is 31.2 Å². The topological polar surface area (TPSA) is 193 Å². The molecule has 2 aliphatic heterocycles. The predicted molar refractivity (Wildman–Crippen MR) is 273 cm³/mol. The summed E-state index contributed by atoms with van der Waals surface area (Å²) in [7, 11) is 0. The fourth-order valence-electron chi connectivity index (χ4n) is 10.7. The van der Waals surface area contributed by atoms with Crippen molar-refractivity contribution >= 4 is 52.4 Å². The minimum Gasteiger partial charge on any atom is -0.489 e. The Morgan fingerprint density at radius 3 is 2.25 bits per heavy atom. The molecular weight excluding hydrogens is 964 g/mol. The van der Waals surface area contributed by atoms with Crippen LogP contribution in [0.1, 0.15) is 107 Å². The van der Waals surface area contributed by atoms with Crippen LogP contribution in [-0.2, 0) is 14.4 Å². The number of halogens is 3. The van der Waals surface area contributed by atoms with Crippen molar-refractivity contribution in [2.75, 3.05) is 50.8 Å². The van der Waals surface area contributed by atoms with Gasteiger partial charge in [-0.1, -0.05) is 84.3 Å². The molecule has 0 bridgehead atoms. The van der Waals surface area contributed by atoms with E-state index >= 15 is 8.78 Å². The summed E-state index contributed by atoms with van der Waals surface area (Å²) in [4.78, 5) is 69.7. The molecule has 2 aromatic heterocycles. The molecule has 4 N–H and O–H groups in total. The highest BCUT2D eigenvalue weighted by Crippen LogP contribution is 2.55. The minimum atomic E-state index is -3.19. The molecule has 2 aromatic carbocycles. The first-order chi connectivity index (χ1) is 33.9. The average molecular weight is 1030 g/mol. The number of nitrogens with one attached hydrogen (secondary N) is 3. The zero-order chi connectivity index (χ0) is 52.3. The van der Waals surface area contributed by atoms with Crippen molar-refractivity contribution in [3.63, 3.8) is 0 Å². The number of pyridine rings is 1. The van der Waals surface area contributed by atoms with E-state index in [2.05, 4.69) is 25.9 Å². The van der Waals surface area contributed by atoms with Gasteiger partial charge in [-0.3, -0.25) is 24.1 Å². The quantitative estimate of drug-likeness (QED) is 0.0816. The van der Waals surface area contributed by atoms with Gasteiger partial charge in [-0.15, -0.1) is 11.3 Å². The number of benzene rings is 2. The molecule has 7 rings (SSSR count). The Bertz CT molecular complexity index is 2630. The molecule has 1 unspecified atom stereocenters. The summed E-state index contributed by atoms with van der Waals surface area (Å²) in [5, 5.41) is 28.6. The molecule has 19 heteroatoms. The summed E-state index contributed by atoms with van der Waals surface area (Å²) in [6.45, 7) is 16.3. The Hall–Kier alpha value is -5.74. The number of anilines is 1. The number of aromatic nitrogens is 2. The van der Waals surface area contributed by atoms with Crippen molar-refractivity contribution in [2.45, 2.75) is 117 Å². The number of nitrogens with zero attached hydrogens (tertiary/aromatic N) is 6. The third-order valence-corrected chi connectivity index (χ3v) is 15.7. The standard InChI is InChI=1S/C53H66ClF2N9O6S/c1-32-43(72-31-59-32)34-13-11-33(12-14-34)39(29-66)60-46(69)40-10-9-21-65(40)47(70)44(50(2,3)4)61-42(67)19-20-53(55,56)30-63-22-24-64(25-23-63)41-18-16-36(28-58-41)45(68)62-48-51(5,6)49(52(48,7)8)71-37-17-15-35(27-57)38(54)26-37/h11-18,26,28,31,39-40,44,48-49,66H,9-10,19-25,29-30H2,1-8H3,(H,60,69)(H,61,67)(H,62,68)/t39?,40-,44+,48-,49-/m0/s1. The third kappa shape index (κ3) is 12.0. The first-order valence-electron chi connectivity index (χ1n) is 24.4. The molecule has 3 atom stereocenters. The molecule has 3 aliphatic rings. The normalized spacial score (nSPS) is 20.7. The lowest BCUT2D eigenvalue weighted by Gasteiger charge is -2.63. The number of thiazole rings is 1. The number of aliphatic hydroxyl groups is 1. The number of nitriles is 1. The van der Waals surface area contributed by atoms with E-state index < -0.39 is 77.4 Å². The number of carbonyl (C=O) groups excluding carboxylic acids is 4. The van der Waals surface area contributed by atoms with Gasteiger partial charge >= 0.3 is 0 Å². The number of hydrogen-bond acceptors (Lipinski definition) is 12. The number of hydrogen-bond donors (Lipinski definition) is 4. The first-order valence-corrected chi connectivity index (χ1v) is 25.7. The number of ether oxygens (including phenoxy) is 1. The summed E-state index contributed by atoms with van der Waals surface area (Å²) in [6.07, 6.45) is 0.984. The van der Waals surface area contributed by atoms with Crippen LogP contribution in [0.25, 0.3) is 10.4 Å². The smallest absolute Gasteiger partial charge is 0.261 e. The molecule has 2 saturated heterocycles. The van der Waals surface area contributed by atoms with Crippen LogP contribution >= 0.6 is 22.9 Å². The third-order valence-electron chi connectivity index (χ3n) is 14.4. The lowest BCUT2D eigenvalue weighted by Crippen LogP contribution is -2.74. The highest BCUT2D eigenvalue weighted by atomic mass is 35.5. The maximum Gasteiger partial charge on any atom is 0.261 e. The van der Waals surface area contributed by atoms with E-state index in [1.165, 1.54) is 22.4 Å². The predicted octanol–water partition coefficient (Wildman–Crippen LogP) is 7.56. The zero-order valence-corrected chi connectivity index (χ0v) is 43.8. The number of carbonyl (C=O) groups is 4. The van der Waals surface area contributed by atoms with Crippen molar-refractivity contribution in [3.05, 3.63) is 93.7 Å². The lowest BCUT2D eigenvalue weighted by molar-refractivity contribution is -0.164. The van der Waals surface area contributed by atoms with Gasteiger partial charge in [0.05, 0.1) is 51.4 Å². The van der Waals surface area contributed by atoms with E-state index in [4.69, 9.17) is 16.3 Å². The van der Waals surface area contributed by atoms with Gasteiger partial charge in [0.15, 0.2) is 0 Å². The number of rotatable bonds is 17. The summed E-state index contributed by atoms with van der Waals surface area (Å²) in [5.41, 5.74) is 3.40. The van der Waals surface area contributed by atoms with Crippen LogP contribution in [0.2, 0.25) is 5.02 Å². The largest absolute Gasteiger partial charge is 0.489 e. The number of alkyl halides is 2. The Balaban J connectivity index is 0.859. The summed E-state index contributed by atoms with van der Waals surface area (Å²) >= 11 is 7.77. The molecule has 4 heterocycles. The Kier molecular flexibility index (Phi) is 16.3. The van der Waals surface area contributed by atoms with Crippen molar-refractivity contribution in [2.24, 2.45) is 16.2 Å². The average Bonchev–Trinajstić information content (AvgIpc) is 4.02. The first kappa shape index (κ1) is 54.0. The van der Waals surface area contributed by atoms with Gasteiger partial charge in [-0.2, -0.15) is 5.26 Å². The highest BCUT2D eigenvalue weighted by molar-refractivity contribution is 7.13. The molecule has 72 heavy (non-hydrogen) atoms. The molecule has 0 radical (unpaired) electrons. The van der Waals surface area contributed by atoms with E-state index in [0.29, 0.717) is 72.3 Å². The second-order valence-electron chi connectivity index (χ2n) is 21.5. The van der Waals surface area contributed by atoms with E-state index in [0.717, 1.165) is 16.1 Å². The Morgan fingerprint density at radius 1 is 0.972 bits per heavy atom. The van der Waals surface area contributed by atoms with Crippen molar-refractivity contribution in [3.8, 4) is 22.3 Å². The minimum absolute atomic E-state index is 0.237. The second kappa shape index (κ2) is 21.8. The van der Waals surface area contributed by atoms with Crippen molar-refractivity contribution < 1.29 is 37.8 Å². The number of amides is 4. The maximum absolute atomic E-state index is 15.5. The molecule has 1 saturated carbocycles. The van der Waals surface area contributed by atoms with E-state index in [1.807, 2.05) is 69.9 Å². The molecule has 4 amide bonds. The van der Waals surface area contributed by atoms with Gasteiger partial charge in [0.2, 0.25) is 17.7 Å². The van der Waals surface area contributed by atoms with Gasteiger partial charge in [0, 0.05) is 74.7 Å². The molecule has 4 aromatic rings. The van der Waals surface area contributed by atoms with Crippen molar-refractivity contribution in [1.29, 1.82) is 5.26 Å². The molecule has 386 valence electrons. The van der Waals surface area contributed by atoms with Gasteiger partial charge in [0.25, 0.3) is 11.8 Å². The summed E-state index contributed by atoms with van der Waals surface area (Å²) in [6, 6.07) is 15.1. The van der Waals surface area contributed by atoms with Crippen LogP contribution in [0.15, 0.2) is 66.3 Å². The van der Waals surface area contributed by atoms with Gasteiger partial charge in [0.1, 0.15) is 35.8 Å². The molecular formula is C53H66ClF2N9O6S. The van der Waals surface area contributed by atoms with Crippen LogP contribution in [-0.4, -0.2) is 125 Å². The number of piperazine rings is 1. The number of aliphatic hydroxyl groups excluding tert-OH is 1.